The van der Waals surface area contributed by atoms with Gasteiger partial charge in [-0.15, -0.1) is 11.8 Å². The Balaban J connectivity index is 1.99. The third-order valence-corrected chi connectivity index (χ3v) is 4.10. The molecule has 0 saturated carbocycles. The quantitative estimate of drug-likeness (QED) is 0.823. The van der Waals surface area contributed by atoms with E-state index in [-0.39, 0.29) is 0 Å². The Bertz CT molecular complexity index is 606. The standard InChI is InChI=1S/C14H14F3NO4S/c15-14(16,17)7-23-6-11(19)18-12(13(20)21)9-1-2-10-8(5-9)3-4-22-10/h1-2,5,12H,3-4,6-7H2,(H,18,19)(H,20,21). The van der Waals surface area contributed by atoms with Gasteiger partial charge in [0.25, 0.3) is 0 Å². The molecule has 0 spiro atoms. The van der Waals surface area contributed by atoms with Crippen LogP contribution in [0.1, 0.15) is 17.2 Å². The summed E-state index contributed by atoms with van der Waals surface area (Å²) in [5.41, 5.74) is 1.20. The molecule has 0 fully saturated rings. The van der Waals surface area contributed by atoms with E-state index in [9.17, 15) is 27.9 Å². The Morgan fingerprint density at radius 2 is 2.13 bits per heavy atom. The van der Waals surface area contributed by atoms with Crippen molar-refractivity contribution in [3.63, 3.8) is 0 Å². The van der Waals surface area contributed by atoms with Crippen molar-refractivity contribution in [2.75, 3.05) is 18.1 Å². The fourth-order valence-corrected chi connectivity index (χ4v) is 2.74. The zero-order chi connectivity index (χ0) is 17.0. The molecule has 2 rings (SSSR count). The average Bonchev–Trinajstić information content (AvgIpc) is 2.90. The number of carboxylic acid groups (broad SMARTS) is 1. The van der Waals surface area contributed by atoms with Crippen LogP contribution < -0.4 is 10.1 Å². The minimum Gasteiger partial charge on any atom is -0.493 e. The van der Waals surface area contributed by atoms with Gasteiger partial charge in [-0.3, -0.25) is 4.79 Å². The summed E-state index contributed by atoms with van der Waals surface area (Å²) in [6.45, 7) is 0.511. The number of carboxylic acids is 1. The molecule has 0 aromatic heterocycles. The molecule has 0 saturated heterocycles. The summed E-state index contributed by atoms with van der Waals surface area (Å²) < 4.78 is 41.4. The molecule has 0 aliphatic carbocycles. The first-order chi connectivity index (χ1) is 10.8. The lowest BCUT2D eigenvalue weighted by molar-refractivity contribution is -0.141. The molecule has 9 heteroatoms. The van der Waals surface area contributed by atoms with E-state index in [1.807, 2.05) is 0 Å². The number of carbonyl (C=O) groups is 2. The van der Waals surface area contributed by atoms with E-state index in [4.69, 9.17) is 4.74 Å². The molecule has 1 aliphatic heterocycles. The van der Waals surface area contributed by atoms with Gasteiger partial charge in [-0.05, 0) is 23.3 Å². The number of fused-ring (bicyclic) bond motifs is 1. The average molecular weight is 349 g/mol. The van der Waals surface area contributed by atoms with Crippen LogP contribution in [0.5, 0.6) is 5.75 Å². The van der Waals surface area contributed by atoms with Crippen LogP contribution in [0, 0.1) is 0 Å². The molecule has 126 valence electrons. The molecule has 1 amide bonds. The predicted octanol–water partition coefficient (Wildman–Crippen LogP) is 2.16. The summed E-state index contributed by atoms with van der Waals surface area (Å²) in [7, 11) is 0. The number of rotatable bonds is 6. The van der Waals surface area contributed by atoms with Gasteiger partial charge in [-0.2, -0.15) is 13.2 Å². The zero-order valence-electron chi connectivity index (χ0n) is 11.9. The van der Waals surface area contributed by atoms with Crippen LogP contribution in [0.15, 0.2) is 18.2 Å². The lowest BCUT2D eigenvalue weighted by Gasteiger charge is -2.16. The SMILES string of the molecule is O=C(CSCC(F)(F)F)NC(C(=O)O)c1ccc2c(c1)CCO2. The second-order valence-electron chi connectivity index (χ2n) is 4.91. The van der Waals surface area contributed by atoms with Gasteiger partial charge in [0, 0.05) is 6.42 Å². The van der Waals surface area contributed by atoms with E-state index in [2.05, 4.69) is 5.32 Å². The van der Waals surface area contributed by atoms with Gasteiger partial charge in [0.05, 0.1) is 18.1 Å². The third-order valence-electron chi connectivity index (χ3n) is 3.10. The highest BCUT2D eigenvalue weighted by Gasteiger charge is 2.28. The molecule has 5 nitrogen and oxygen atoms in total. The minimum absolute atomic E-state index is 0.357. The lowest BCUT2D eigenvalue weighted by Crippen LogP contribution is -2.35. The minimum atomic E-state index is -4.36. The van der Waals surface area contributed by atoms with Crippen molar-refractivity contribution in [3.8, 4) is 5.75 Å². The van der Waals surface area contributed by atoms with Crippen molar-refractivity contribution in [2.45, 2.75) is 18.6 Å². The van der Waals surface area contributed by atoms with Gasteiger partial charge in [0.2, 0.25) is 5.91 Å². The zero-order valence-corrected chi connectivity index (χ0v) is 12.7. The summed E-state index contributed by atoms with van der Waals surface area (Å²) in [5.74, 6) is -2.99. The summed E-state index contributed by atoms with van der Waals surface area (Å²) in [6, 6.07) is 3.47. The highest BCUT2D eigenvalue weighted by Crippen LogP contribution is 2.28. The molecule has 2 N–H and O–H groups in total. The number of hydrogen-bond acceptors (Lipinski definition) is 4. The number of alkyl halides is 3. The van der Waals surface area contributed by atoms with Crippen LogP contribution >= 0.6 is 11.8 Å². The Morgan fingerprint density at radius 1 is 1.39 bits per heavy atom. The van der Waals surface area contributed by atoms with Crippen LogP contribution in [0.4, 0.5) is 13.2 Å². The molecule has 1 aliphatic rings. The number of thioether (sulfide) groups is 1. The Hall–Kier alpha value is -1.90. The van der Waals surface area contributed by atoms with Crippen molar-refractivity contribution < 1.29 is 32.6 Å². The summed E-state index contributed by atoms with van der Waals surface area (Å²) in [5, 5.41) is 11.5. The predicted molar refractivity (Wildman–Crippen MR) is 77.5 cm³/mol. The first kappa shape index (κ1) is 17.5. The number of ether oxygens (including phenoxy) is 1. The second-order valence-corrected chi connectivity index (χ2v) is 5.90. The largest absolute Gasteiger partial charge is 0.493 e. The van der Waals surface area contributed by atoms with Crippen molar-refractivity contribution >= 4 is 23.6 Å². The van der Waals surface area contributed by atoms with Gasteiger partial charge < -0.3 is 15.2 Å². The number of hydrogen-bond donors (Lipinski definition) is 2. The van der Waals surface area contributed by atoms with E-state index in [1.54, 1.807) is 12.1 Å². The number of nitrogens with one attached hydrogen (secondary N) is 1. The van der Waals surface area contributed by atoms with Crippen LogP contribution in [0.2, 0.25) is 0 Å². The van der Waals surface area contributed by atoms with Gasteiger partial charge in [-0.1, -0.05) is 6.07 Å². The maximum atomic E-state index is 12.0. The van der Waals surface area contributed by atoms with Crippen LogP contribution in [-0.4, -0.2) is 41.3 Å². The highest BCUT2D eigenvalue weighted by molar-refractivity contribution is 8.00. The third kappa shape index (κ3) is 5.05. The Kier molecular flexibility index (Phi) is 5.40. The molecule has 0 bridgehead atoms. The first-order valence-corrected chi connectivity index (χ1v) is 7.84. The van der Waals surface area contributed by atoms with E-state index in [1.165, 1.54) is 6.07 Å². The van der Waals surface area contributed by atoms with E-state index in [0.29, 0.717) is 36.1 Å². The van der Waals surface area contributed by atoms with Gasteiger partial charge in [0.15, 0.2) is 6.04 Å². The van der Waals surface area contributed by atoms with Gasteiger partial charge in [0.1, 0.15) is 5.75 Å². The first-order valence-electron chi connectivity index (χ1n) is 6.68. The molecule has 1 unspecified atom stereocenters. The summed E-state index contributed by atoms with van der Waals surface area (Å²) in [4.78, 5) is 23.0. The van der Waals surface area contributed by atoms with Crippen molar-refractivity contribution in [2.24, 2.45) is 0 Å². The van der Waals surface area contributed by atoms with Gasteiger partial charge >= 0.3 is 12.1 Å². The fraction of sp³-hybridized carbons (Fsp3) is 0.429. The highest BCUT2D eigenvalue weighted by atomic mass is 32.2. The molecule has 1 aromatic carbocycles. The molecular formula is C14H14F3NO4S. The monoisotopic (exact) mass is 349 g/mol. The maximum absolute atomic E-state index is 12.0. The fourth-order valence-electron chi connectivity index (χ4n) is 2.14. The number of amides is 1. The van der Waals surface area contributed by atoms with E-state index < -0.39 is 35.6 Å². The topological polar surface area (TPSA) is 75.6 Å². The van der Waals surface area contributed by atoms with Crippen LogP contribution in [0.3, 0.4) is 0 Å². The maximum Gasteiger partial charge on any atom is 0.397 e. The molecule has 23 heavy (non-hydrogen) atoms. The Labute approximate surface area is 134 Å². The number of benzene rings is 1. The van der Waals surface area contributed by atoms with E-state index >= 15 is 0 Å². The molecule has 0 radical (unpaired) electrons. The summed E-state index contributed by atoms with van der Waals surface area (Å²) in [6.07, 6.45) is -3.72. The summed E-state index contributed by atoms with van der Waals surface area (Å²) >= 11 is 0.387. The molecule has 1 atom stereocenters. The van der Waals surface area contributed by atoms with Gasteiger partial charge in [-0.25, -0.2) is 4.79 Å². The number of carbonyl (C=O) groups excluding carboxylic acids is 1. The van der Waals surface area contributed by atoms with Crippen molar-refractivity contribution in [3.05, 3.63) is 29.3 Å². The number of halogens is 3. The molecule has 1 heterocycles. The molecule has 1 aromatic rings. The van der Waals surface area contributed by atoms with E-state index in [0.717, 1.165) is 5.56 Å². The van der Waals surface area contributed by atoms with Crippen molar-refractivity contribution in [1.82, 2.24) is 5.32 Å². The van der Waals surface area contributed by atoms with Crippen LogP contribution in [0.25, 0.3) is 0 Å². The Morgan fingerprint density at radius 3 is 2.78 bits per heavy atom. The normalized spacial score (nSPS) is 14.7. The van der Waals surface area contributed by atoms with Crippen molar-refractivity contribution in [1.29, 1.82) is 0 Å². The molecular weight excluding hydrogens is 335 g/mol. The second kappa shape index (κ2) is 7.12. The lowest BCUT2D eigenvalue weighted by atomic mass is 10.0. The van der Waals surface area contributed by atoms with Crippen LogP contribution in [-0.2, 0) is 16.0 Å². The smallest absolute Gasteiger partial charge is 0.397 e. The number of aliphatic carboxylic acids is 1.